The van der Waals surface area contributed by atoms with Gasteiger partial charge in [0.15, 0.2) is 11.2 Å². The quantitative estimate of drug-likeness (QED) is 0.452. The van der Waals surface area contributed by atoms with Crippen LogP contribution in [0.5, 0.6) is 5.75 Å². The van der Waals surface area contributed by atoms with Crippen molar-refractivity contribution in [1.82, 2.24) is 9.55 Å². The Morgan fingerprint density at radius 1 is 1.18 bits per heavy atom. The predicted octanol–water partition coefficient (Wildman–Crippen LogP) is 6.02. The van der Waals surface area contributed by atoms with E-state index in [1.165, 1.54) is 5.56 Å². The maximum Gasteiger partial charge on any atom is 0.192 e. The maximum absolute atomic E-state index is 13.0. The summed E-state index contributed by atoms with van der Waals surface area (Å²) < 4.78 is 7.90. The molecule has 3 heterocycles. The monoisotopic (exact) mass is 444 g/mol. The van der Waals surface area contributed by atoms with E-state index in [-0.39, 0.29) is 28.2 Å². The molecule has 5 heteroatoms. The molecule has 4 rings (SSSR count). The van der Waals surface area contributed by atoms with Crippen molar-refractivity contribution >= 4 is 5.78 Å². The normalized spacial score (nSPS) is 15.0. The van der Waals surface area contributed by atoms with E-state index < -0.39 is 0 Å². The third kappa shape index (κ3) is 4.24. The first-order chi connectivity index (χ1) is 15.6. The van der Waals surface area contributed by atoms with Crippen molar-refractivity contribution in [2.75, 3.05) is 7.11 Å². The Balaban J connectivity index is 1.95. The summed E-state index contributed by atoms with van der Waals surface area (Å²) in [4.78, 5) is 30.1. The summed E-state index contributed by atoms with van der Waals surface area (Å²) >= 11 is 0. The van der Waals surface area contributed by atoms with Gasteiger partial charge in [-0.2, -0.15) is 0 Å². The maximum atomic E-state index is 13.0. The van der Waals surface area contributed by atoms with Crippen molar-refractivity contribution in [2.24, 2.45) is 5.41 Å². The first-order valence-electron chi connectivity index (χ1n) is 11.6. The van der Waals surface area contributed by atoms with Crippen molar-refractivity contribution in [1.29, 1.82) is 0 Å². The lowest BCUT2D eigenvalue weighted by Gasteiger charge is -2.39. The summed E-state index contributed by atoms with van der Waals surface area (Å²) in [6, 6.07) is 9.97. The molecule has 1 atom stereocenters. The summed E-state index contributed by atoms with van der Waals surface area (Å²) in [5, 5.41) is 0. The number of rotatable bonds is 5. The molecule has 1 unspecified atom stereocenters. The molecule has 1 aliphatic rings. The van der Waals surface area contributed by atoms with E-state index in [0.717, 1.165) is 46.7 Å². The number of hydrogen-bond acceptors (Lipinski definition) is 4. The Bertz CT molecular complexity index is 1260. The van der Waals surface area contributed by atoms with Crippen LogP contribution >= 0.6 is 0 Å². The minimum Gasteiger partial charge on any atom is -0.496 e. The van der Waals surface area contributed by atoms with Gasteiger partial charge >= 0.3 is 0 Å². The lowest BCUT2D eigenvalue weighted by molar-refractivity contribution is 0.0979. The molecule has 0 bridgehead atoms. The zero-order valence-corrected chi connectivity index (χ0v) is 20.4. The molecule has 1 aromatic carbocycles. The molecule has 2 aromatic heterocycles. The van der Waals surface area contributed by atoms with Crippen molar-refractivity contribution < 1.29 is 9.53 Å². The lowest BCUT2D eigenvalue weighted by atomic mass is 9.78. The predicted molar refractivity (Wildman–Crippen MR) is 132 cm³/mol. The van der Waals surface area contributed by atoms with Gasteiger partial charge in [0.05, 0.1) is 18.4 Å². The largest absolute Gasteiger partial charge is 0.496 e. The number of pyridine rings is 2. The molecular weight excluding hydrogens is 412 g/mol. The van der Waals surface area contributed by atoms with Gasteiger partial charge in [-0.05, 0) is 48.9 Å². The zero-order valence-electron chi connectivity index (χ0n) is 20.4. The molecule has 33 heavy (non-hydrogen) atoms. The highest BCUT2D eigenvalue weighted by molar-refractivity contribution is 5.96. The highest BCUT2D eigenvalue weighted by atomic mass is 16.5. The summed E-state index contributed by atoms with van der Waals surface area (Å²) in [6.45, 7) is 10.5. The second-order valence-electron chi connectivity index (χ2n) is 10.0. The summed E-state index contributed by atoms with van der Waals surface area (Å²) in [7, 11) is 1.66. The zero-order chi connectivity index (χ0) is 23.9. The van der Waals surface area contributed by atoms with Crippen LogP contribution in [0.15, 0.2) is 47.5 Å². The highest BCUT2D eigenvalue weighted by Crippen LogP contribution is 2.45. The summed E-state index contributed by atoms with van der Waals surface area (Å²) in [5.41, 5.74) is 5.92. The minimum atomic E-state index is -0.217. The number of ketones is 1. The Morgan fingerprint density at radius 3 is 2.55 bits per heavy atom. The second-order valence-corrected chi connectivity index (χ2v) is 10.0. The molecule has 0 spiro atoms. The Labute approximate surface area is 195 Å². The molecule has 3 aromatic rings. The average molecular weight is 445 g/mol. The van der Waals surface area contributed by atoms with Gasteiger partial charge in [0.2, 0.25) is 0 Å². The van der Waals surface area contributed by atoms with E-state index in [1.807, 2.05) is 32.2 Å². The SMILES string of the molecule is CCCC(=O)c1cn2c(cc1=O)-c1cc(OC)c(-c3ccc(C)nc3)cc1CC2C(C)(C)C. The molecule has 0 saturated carbocycles. The van der Waals surface area contributed by atoms with Crippen LogP contribution in [-0.4, -0.2) is 22.4 Å². The number of methoxy groups -OCH3 is 1. The number of Topliss-reactive ketones (excluding diaryl/α,β-unsaturated/α-hetero) is 1. The standard InChI is InChI=1S/C28H32N2O3/c1-7-8-24(31)22-16-30-23(14-25(22)32)20-13-26(33-6)21(18-10-9-17(2)29-15-18)11-19(20)12-27(30)28(3,4)5/h9-11,13-16,27H,7-8,12H2,1-6H3. The molecule has 5 nitrogen and oxygen atoms in total. The van der Waals surface area contributed by atoms with Crippen LogP contribution in [0.25, 0.3) is 22.4 Å². The van der Waals surface area contributed by atoms with E-state index in [4.69, 9.17) is 4.74 Å². The second kappa shape index (κ2) is 8.62. The van der Waals surface area contributed by atoms with Crippen molar-refractivity contribution in [3.05, 3.63) is 69.8 Å². The number of aryl methyl sites for hydroxylation is 1. The van der Waals surface area contributed by atoms with Gasteiger partial charge < -0.3 is 9.30 Å². The summed E-state index contributed by atoms with van der Waals surface area (Å²) in [5.74, 6) is 0.648. The Hall–Kier alpha value is -3.21. The first kappa shape index (κ1) is 23.0. The van der Waals surface area contributed by atoms with Crippen LogP contribution in [0.1, 0.15) is 68.2 Å². The number of carbonyl (C=O) groups excluding carboxylic acids is 1. The molecule has 0 amide bonds. The Kier molecular flexibility index (Phi) is 6.00. The number of benzene rings is 1. The molecule has 1 aliphatic heterocycles. The van der Waals surface area contributed by atoms with E-state index in [2.05, 4.69) is 42.5 Å². The van der Waals surface area contributed by atoms with Crippen LogP contribution in [-0.2, 0) is 6.42 Å². The van der Waals surface area contributed by atoms with E-state index in [1.54, 1.807) is 19.4 Å². The molecule has 0 fully saturated rings. The number of aromatic nitrogens is 2. The molecule has 0 N–H and O–H groups in total. The fraction of sp³-hybridized carbons (Fsp3) is 0.393. The minimum absolute atomic E-state index is 0.0713. The number of ether oxygens (including phenoxy) is 1. The number of hydrogen-bond donors (Lipinski definition) is 0. The van der Waals surface area contributed by atoms with Crippen LogP contribution < -0.4 is 10.2 Å². The average Bonchev–Trinajstić information content (AvgIpc) is 2.77. The Morgan fingerprint density at radius 2 is 1.94 bits per heavy atom. The van der Waals surface area contributed by atoms with Gasteiger partial charge in [-0.15, -0.1) is 0 Å². The number of fused-ring (bicyclic) bond motifs is 3. The van der Waals surface area contributed by atoms with Gasteiger partial charge in [0.25, 0.3) is 0 Å². The van der Waals surface area contributed by atoms with Gasteiger partial charge in [-0.3, -0.25) is 14.6 Å². The highest BCUT2D eigenvalue weighted by Gasteiger charge is 2.34. The fourth-order valence-electron chi connectivity index (χ4n) is 4.68. The van der Waals surface area contributed by atoms with Gasteiger partial charge in [-0.1, -0.05) is 33.8 Å². The van der Waals surface area contributed by atoms with Crippen molar-refractivity contribution in [3.63, 3.8) is 0 Å². The van der Waals surface area contributed by atoms with E-state index in [9.17, 15) is 9.59 Å². The molecule has 0 aliphatic carbocycles. The van der Waals surface area contributed by atoms with Gasteiger partial charge in [-0.25, -0.2) is 0 Å². The van der Waals surface area contributed by atoms with Gasteiger partial charge in [0.1, 0.15) is 5.75 Å². The first-order valence-corrected chi connectivity index (χ1v) is 11.6. The fourth-order valence-corrected chi connectivity index (χ4v) is 4.68. The summed E-state index contributed by atoms with van der Waals surface area (Å²) in [6.07, 6.45) is 5.56. The molecular formula is C28H32N2O3. The third-order valence-electron chi connectivity index (χ3n) is 6.53. The molecule has 0 radical (unpaired) electrons. The molecule has 0 saturated heterocycles. The number of carbonyl (C=O) groups is 1. The number of nitrogens with zero attached hydrogens (tertiary/aromatic N) is 2. The van der Waals surface area contributed by atoms with Crippen molar-refractivity contribution in [2.45, 2.75) is 59.9 Å². The van der Waals surface area contributed by atoms with Crippen LogP contribution in [0, 0.1) is 12.3 Å². The van der Waals surface area contributed by atoms with Crippen molar-refractivity contribution in [3.8, 4) is 28.1 Å². The van der Waals surface area contributed by atoms with Crippen LogP contribution in [0.2, 0.25) is 0 Å². The topological polar surface area (TPSA) is 61.2 Å². The smallest absolute Gasteiger partial charge is 0.192 e. The lowest BCUT2D eigenvalue weighted by Crippen LogP contribution is -2.32. The third-order valence-corrected chi connectivity index (χ3v) is 6.53. The van der Waals surface area contributed by atoms with E-state index in [0.29, 0.717) is 6.42 Å². The van der Waals surface area contributed by atoms with Gasteiger partial charge in [0, 0.05) is 53.3 Å². The van der Waals surface area contributed by atoms with Crippen LogP contribution in [0.4, 0.5) is 0 Å². The van der Waals surface area contributed by atoms with E-state index >= 15 is 0 Å². The van der Waals surface area contributed by atoms with Crippen LogP contribution in [0.3, 0.4) is 0 Å². The molecule has 172 valence electrons.